The molecule has 0 aliphatic carbocycles. The van der Waals surface area contributed by atoms with Gasteiger partial charge in [0, 0.05) is 6.42 Å². The van der Waals surface area contributed by atoms with Gasteiger partial charge in [-0.15, -0.1) is 0 Å². The van der Waals surface area contributed by atoms with E-state index in [1.807, 2.05) is 6.08 Å². The molecule has 2 aliphatic heterocycles. The maximum Gasteiger partial charge on any atom is 0.220 e. The maximum atomic E-state index is 13.2. The topological polar surface area (TPSA) is 228 Å². The summed E-state index contributed by atoms with van der Waals surface area (Å²) in [7, 11) is 0. The molecular formula is C67H117NO13. The first-order valence-electron chi connectivity index (χ1n) is 32.3. The van der Waals surface area contributed by atoms with Gasteiger partial charge in [0.2, 0.25) is 5.91 Å². The van der Waals surface area contributed by atoms with Crippen LogP contribution in [-0.4, -0.2) is 140 Å². The lowest BCUT2D eigenvalue weighted by Crippen LogP contribution is -2.65. The van der Waals surface area contributed by atoms with Gasteiger partial charge < -0.3 is 65.1 Å². The number of unbranched alkanes of at least 4 members (excludes halogenated alkanes) is 26. The number of aliphatic hydroxyl groups excluding tert-OH is 8. The molecule has 9 N–H and O–H groups in total. The molecule has 468 valence electrons. The van der Waals surface area contributed by atoms with Gasteiger partial charge in [-0.05, 0) is 77.0 Å². The minimum absolute atomic E-state index is 0.255. The van der Waals surface area contributed by atoms with Crippen LogP contribution in [-0.2, 0) is 23.7 Å². The van der Waals surface area contributed by atoms with E-state index >= 15 is 0 Å². The van der Waals surface area contributed by atoms with Crippen molar-refractivity contribution in [2.75, 3.05) is 19.8 Å². The monoisotopic (exact) mass is 1140 g/mol. The number of ether oxygens (including phenoxy) is 4. The van der Waals surface area contributed by atoms with Gasteiger partial charge in [0.15, 0.2) is 12.6 Å². The first kappa shape index (κ1) is 74.3. The molecule has 0 radical (unpaired) electrons. The quantitative estimate of drug-likeness (QED) is 0.0204. The molecule has 0 aromatic carbocycles. The molecule has 0 aromatic heterocycles. The van der Waals surface area contributed by atoms with Crippen LogP contribution < -0.4 is 5.32 Å². The Bertz CT molecular complexity index is 1680. The van der Waals surface area contributed by atoms with E-state index in [2.05, 4.69) is 92.1 Å². The van der Waals surface area contributed by atoms with E-state index in [9.17, 15) is 45.6 Å². The number of carbonyl (C=O) groups is 1. The van der Waals surface area contributed by atoms with Crippen molar-refractivity contribution in [1.82, 2.24) is 5.32 Å². The molecule has 2 saturated heterocycles. The summed E-state index contributed by atoms with van der Waals surface area (Å²) in [6, 6.07) is -0.938. The Hall–Kier alpha value is -2.83. The van der Waals surface area contributed by atoms with E-state index in [-0.39, 0.29) is 18.9 Å². The van der Waals surface area contributed by atoms with Gasteiger partial charge in [0.25, 0.3) is 0 Å². The fourth-order valence-corrected chi connectivity index (χ4v) is 10.2. The van der Waals surface area contributed by atoms with Crippen molar-refractivity contribution in [2.24, 2.45) is 0 Å². The van der Waals surface area contributed by atoms with E-state index in [4.69, 9.17) is 18.9 Å². The number of nitrogens with one attached hydrogen (secondary N) is 1. The molecule has 14 heteroatoms. The van der Waals surface area contributed by atoms with Crippen molar-refractivity contribution in [3.05, 3.63) is 85.1 Å². The second kappa shape index (κ2) is 51.6. The molecule has 1 amide bonds. The van der Waals surface area contributed by atoms with Gasteiger partial charge >= 0.3 is 0 Å². The predicted octanol–water partition coefficient (Wildman–Crippen LogP) is 12.1. The zero-order valence-corrected chi connectivity index (χ0v) is 50.5. The molecular weight excluding hydrogens is 1030 g/mol. The summed E-state index contributed by atoms with van der Waals surface area (Å²) in [5, 5.41) is 86.9. The number of aliphatic hydroxyl groups is 8. The summed E-state index contributed by atoms with van der Waals surface area (Å²) in [5.41, 5.74) is 0. The van der Waals surface area contributed by atoms with Gasteiger partial charge in [0.1, 0.15) is 48.8 Å². The first-order valence-corrected chi connectivity index (χ1v) is 32.3. The van der Waals surface area contributed by atoms with Crippen molar-refractivity contribution >= 4 is 5.91 Å². The number of rotatable bonds is 51. The molecule has 81 heavy (non-hydrogen) atoms. The van der Waals surface area contributed by atoms with Gasteiger partial charge in [-0.2, -0.15) is 0 Å². The van der Waals surface area contributed by atoms with E-state index in [0.717, 1.165) is 70.6 Å². The Morgan fingerprint density at radius 2 is 0.827 bits per heavy atom. The van der Waals surface area contributed by atoms with Crippen LogP contribution in [0.5, 0.6) is 0 Å². The fraction of sp³-hybridized carbons (Fsp3) is 0.776. The highest BCUT2D eigenvalue weighted by molar-refractivity contribution is 5.76. The summed E-state index contributed by atoms with van der Waals surface area (Å²) in [5.74, 6) is -0.255. The number of hydrogen-bond donors (Lipinski definition) is 9. The smallest absolute Gasteiger partial charge is 0.220 e. The van der Waals surface area contributed by atoms with Crippen molar-refractivity contribution in [3.63, 3.8) is 0 Å². The number of amides is 1. The van der Waals surface area contributed by atoms with Crippen molar-refractivity contribution in [3.8, 4) is 0 Å². The minimum atomic E-state index is -1.79. The van der Waals surface area contributed by atoms with Crippen LogP contribution in [0.25, 0.3) is 0 Å². The molecule has 0 saturated carbocycles. The van der Waals surface area contributed by atoms with Crippen LogP contribution in [0, 0.1) is 0 Å². The average Bonchev–Trinajstić information content (AvgIpc) is 3.51. The predicted molar refractivity (Wildman–Crippen MR) is 327 cm³/mol. The second-order valence-electron chi connectivity index (χ2n) is 22.5. The zero-order valence-electron chi connectivity index (χ0n) is 50.5. The van der Waals surface area contributed by atoms with Gasteiger partial charge in [0.05, 0.1) is 32.0 Å². The number of allylic oxidation sites excluding steroid dienone is 13. The maximum absolute atomic E-state index is 13.2. The molecule has 2 heterocycles. The number of hydrogen-bond acceptors (Lipinski definition) is 13. The molecule has 2 rings (SSSR count). The van der Waals surface area contributed by atoms with E-state index < -0.39 is 86.8 Å². The highest BCUT2D eigenvalue weighted by atomic mass is 16.7. The van der Waals surface area contributed by atoms with Crippen LogP contribution in [0.2, 0.25) is 0 Å². The highest BCUT2D eigenvalue weighted by Crippen LogP contribution is 2.30. The molecule has 2 fully saturated rings. The van der Waals surface area contributed by atoms with Crippen LogP contribution in [0.15, 0.2) is 85.1 Å². The molecule has 12 unspecified atom stereocenters. The Balaban J connectivity index is 1.56. The Morgan fingerprint density at radius 1 is 0.444 bits per heavy atom. The van der Waals surface area contributed by atoms with Gasteiger partial charge in [-0.1, -0.05) is 240 Å². The molecule has 2 aliphatic rings. The largest absolute Gasteiger partial charge is 0.394 e. The van der Waals surface area contributed by atoms with Crippen LogP contribution in [0.1, 0.15) is 239 Å². The SMILES string of the molecule is CC/C=C\C/C=C\C/C=C\C/C=C\CCCCCCCCCCCCCCCCCCCCCCCCCCC(=O)NC(COC1OC(CO)C(OC2OC(CO)C(O)C(O)C2O)C(O)C1O)C(O)/C=C/CC/C=C/CC/C=C/CC. The lowest BCUT2D eigenvalue weighted by molar-refractivity contribution is -0.359. The standard InChI is InChI=1S/C67H117NO13/c1-3-5-7-9-11-13-15-16-17-18-19-20-21-22-23-24-25-26-27-28-29-30-31-32-33-34-35-36-37-38-39-40-41-43-45-47-49-51-59(72)68-55(56(71)50-48-46-44-42-14-12-10-8-6-4-2)54-78-66-64(77)62(75)65(58(53-70)80-66)81-67-63(76)61(74)60(73)57(52-69)79-67/h5-8,11,13-14,16-17,19-20,42,48,50,55-58,60-67,69-71,73-77H,3-4,9-10,12,15,18,21-41,43-47,49,51-54H2,1-2H3,(H,68,72)/b7-5-,8-6+,13-11-,17-16-,20-19-,42-14+,50-48+. The Kier molecular flexibility index (Phi) is 47.3. The summed E-state index contributed by atoms with van der Waals surface area (Å²) in [4.78, 5) is 13.2. The molecule has 12 atom stereocenters. The van der Waals surface area contributed by atoms with E-state index in [1.165, 1.54) is 135 Å². The van der Waals surface area contributed by atoms with Gasteiger partial charge in [-0.25, -0.2) is 0 Å². The Labute approximate surface area is 491 Å². The average molecular weight is 1140 g/mol. The van der Waals surface area contributed by atoms with Crippen LogP contribution >= 0.6 is 0 Å². The van der Waals surface area contributed by atoms with Crippen LogP contribution in [0.3, 0.4) is 0 Å². The minimum Gasteiger partial charge on any atom is -0.394 e. The van der Waals surface area contributed by atoms with Crippen molar-refractivity contribution in [2.45, 2.75) is 312 Å². The fourth-order valence-electron chi connectivity index (χ4n) is 10.2. The highest BCUT2D eigenvalue weighted by Gasteiger charge is 2.51. The lowest BCUT2D eigenvalue weighted by Gasteiger charge is -2.46. The third kappa shape index (κ3) is 36.6. The number of carbonyl (C=O) groups excluding carboxylic acids is 1. The molecule has 0 spiro atoms. The van der Waals surface area contributed by atoms with Gasteiger partial charge in [-0.3, -0.25) is 4.79 Å². The molecule has 14 nitrogen and oxygen atoms in total. The van der Waals surface area contributed by atoms with Crippen molar-refractivity contribution < 1.29 is 64.6 Å². The van der Waals surface area contributed by atoms with Crippen LogP contribution in [0.4, 0.5) is 0 Å². The summed E-state index contributed by atoms with van der Waals surface area (Å²) >= 11 is 0. The summed E-state index contributed by atoms with van der Waals surface area (Å²) in [6.07, 6.45) is 54.0. The summed E-state index contributed by atoms with van der Waals surface area (Å²) < 4.78 is 22.7. The zero-order chi connectivity index (χ0) is 58.8. The molecule has 0 aromatic rings. The Morgan fingerprint density at radius 3 is 1.31 bits per heavy atom. The summed E-state index contributed by atoms with van der Waals surface area (Å²) in [6.45, 7) is 2.53. The molecule has 0 bridgehead atoms. The third-order valence-electron chi connectivity index (χ3n) is 15.3. The van der Waals surface area contributed by atoms with E-state index in [0.29, 0.717) is 12.8 Å². The second-order valence-corrected chi connectivity index (χ2v) is 22.5. The van der Waals surface area contributed by atoms with Crippen molar-refractivity contribution in [1.29, 1.82) is 0 Å². The van der Waals surface area contributed by atoms with E-state index in [1.54, 1.807) is 6.08 Å². The normalized spacial score (nSPS) is 24.7. The first-order chi connectivity index (χ1) is 39.6. The third-order valence-corrected chi connectivity index (χ3v) is 15.3. The lowest BCUT2D eigenvalue weighted by atomic mass is 9.97.